The summed E-state index contributed by atoms with van der Waals surface area (Å²) in [6.45, 7) is 3.93. The second-order valence-corrected chi connectivity index (χ2v) is 8.81. The highest BCUT2D eigenvalue weighted by Crippen LogP contribution is 2.32. The molecule has 1 fully saturated rings. The van der Waals surface area contributed by atoms with E-state index in [1.165, 1.54) is 5.56 Å². The fourth-order valence-electron chi connectivity index (χ4n) is 4.58. The number of hydrogen-bond acceptors (Lipinski definition) is 5. The lowest BCUT2D eigenvalue weighted by molar-refractivity contribution is 0.488. The van der Waals surface area contributed by atoms with Crippen molar-refractivity contribution in [1.29, 1.82) is 0 Å². The Morgan fingerprint density at radius 2 is 1.94 bits per heavy atom. The molecule has 0 atom stereocenters. The first-order valence-corrected chi connectivity index (χ1v) is 11.2. The molecule has 1 aliphatic rings. The minimum absolute atomic E-state index is 0.422. The summed E-state index contributed by atoms with van der Waals surface area (Å²) < 4.78 is 1.82. The minimum atomic E-state index is 0.422. The van der Waals surface area contributed by atoms with Crippen molar-refractivity contribution in [2.45, 2.75) is 25.7 Å². The summed E-state index contributed by atoms with van der Waals surface area (Å²) in [7, 11) is 0. The fourth-order valence-corrected chi connectivity index (χ4v) is 4.77. The SMILES string of the molecule is Cc1ccc2nc(C3CCN(c4ncnc5c4cnn5-c4cccc(Cl)c4)CC3)[nH]c2c1. The molecule has 2 aromatic carbocycles. The predicted octanol–water partition coefficient (Wildman–Crippen LogP) is 5.04. The number of aryl methyl sites for hydroxylation is 1. The molecule has 1 saturated heterocycles. The van der Waals surface area contributed by atoms with Gasteiger partial charge in [-0.2, -0.15) is 5.10 Å². The van der Waals surface area contributed by atoms with Gasteiger partial charge in [-0.25, -0.2) is 19.6 Å². The van der Waals surface area contributed by atoms with Crippen molar-refractivity contribution in [2.24, 2.45) is 0 Å². The summed E-state index contributed by atoms with van der Waals surface area (Å²) in [5.74, 6) is 2.44. The molecule has 1 N–H and O–H groups in total. The Morgan fingerprint density at radius 1 is 1.06 bits per heavy atom. The average Bonchev–Trinajstić information content (AvgIpc) is 3.43. The number of aromatic nitrogens is 6. The van der Waals surface area contributed by atoms with Gasteiger partial charge in [0.25, 0.3) is 0 Å². The molecule has 160 valence electrons. The van der Waals surface area contributed by atoms with Crippen LogP contribution in [0.15, 0.2) is 55.0 Å². The topological polar surface area (TPSA) is 75.5 Å². The van der Waals surface area contributed by atoms with Gasteiger partial charge in [0.2, 0.25) is 0 Å². The molecule has 6 rings (SSSR count). The van der Waals surface area contributed by atoms with Crippen molar-refractivity contribution in [3.05, 3.63) is 71.4 Å². The van der Waals surface area contributed by atoms with Crippen LogP contribution in [0.5, 0.6) is 0 Å². The summed E-state index contributed by atoms with van der Waals surface area (Å²) in [5.41, 5.74) is 5.07. The predicted molar refractivity (Wildman–Crippen MR) is 127 cm³/mol. The zero-order valence-corrected chi connectivity index (χ0v) is 18.4. The van der Waals surface area contributed by atoms with Crippen LogP contribution in [0.1, 0.15) is 30.1 Å². The van der Waals surface area contributed by atoms with E-state index in [0.29, 0.717) is 10.9 Å². The Labute approximate surface area is 190 Å². The molecule has 0 spiro atoms. The van der Waals surface area contributed by atoms with E-state index in [1.54, 1.807) is 6.33 Å². The van der Waals surface area contributed by atoms with Gasteiger partial charge in [-0.05, 0) is 55.7 Å². The number of aromatic amines is 1. The lowest BCUT2D eigenvalue weighted by Crippen LogP contribution is -2.34. The van der Waals surface area contributed by atoms with Gasteiger partial charge in [-0.3, -0.25) is 0 Å². The van der Waals surface area contributed by atoms with Crippen LogP contribution in [0, 0.1) is 6.92 Å². The number of hydrogen-bond donors (Lipinski definition) is 1. The second kappa shape index (κ2) is 7.60. The van der Waals surface area contributed by atoms with E-state index in [2.05, 4.69) is 50.1 Å². The Hall–Kier alpha value is -3.45. The lowest BCUT2D eigenvalue weighted by atomic mass is 9.96. The molecule has 1 aliphatic heterocycles. The van der Waals surface area contributed by atoms with Crippen LogP contribution in [0.25, 0.3) is 27.8 Å². The zero-order chi connectivity index (χ0) is 21.7. The number of nitrogens with one attached hydrogen (secondary N) is 1. The molecule has 0 bridgehead atoms. The molecule has 0 unspecified atom stereocenters. The normalized spacial score (nSPS) is 15.1. The molecule has 7 nitrogen and oxygen atoms in total. The van der Waals surface area contributed by atoms with Crippen LogP contribution in [0.4, 0.5) is 5.82 Å². The van der Waals surface area contributed by atoms with Gasteiger partial charge >= 0.3 is 0 Å². The van der Waals surface area contributed by atoms with Crippen molar-refractivity contribution in [3.63, 3.8) is 0 Å². The molecule has 0 saturated carbocycles. The highest BCUT2D eigenvalue weighted by Gasteiger charge is 2.25. The molecule has 5 aromatic rings. The van der Waals surface area contributed by atoms with E-state index >= 15 is 0 Å². The Balaban J connectivity index is 1.26. The maximum Gasteiger partial charge on any atom is 0.168 e. The Kier molecular flexibility index (Phi) is 4.57. The van der Waals surface area contributed by atoms with Crippen LogP contribution in [0.3, 0.4) is 0 Å². The smallest absolute Gasteiger partial charge is 0.168 e. The van der Waals surface area contributed by atoms with Crippen LogP contribution in [-0.2, 0) is 0 Å². The van der Waals surface area contributed by atoms with Crippen LogP contribution < -0.4 is 4.90 Å². The Morgan fingerprint density at radius 3 is 2.78 bits per heavy atom. The first-order valence-electron chi connectivity index (χ1n) is 10.8. The monoisotopic (exact) mass is 443 g/mol. The molecule has 0 aliphatic carbocycles. The number of nitrogens with zero attached hydrogens (tertiary/aromatic N) is 6. The van der Waals surface area contributed by atoms with E-state index in [-0.39, 0.29) is 0 Å². The molecule has 0 amide bonds. The van der Waals surface area contributed by atoms with Crippen LogP contribution >= 0.6 is 11.6 Å². The largest absolute Gasteiger partial charge is 0.356 e. The van der Waals surface area contributed by atoms with Gasteiger partial charge in [0.05, 0.1) is 28.3 Å². The van der Waals surface area contributed by atoms with Crippen molar-refractivity contribution < 1.29 is 0 Å². The third-order valence-electron chi connectivity index (χ3n) is 6.23. The highest BCUT2D eigenvalue weighted by atomic mass is 35.5. The number of H-pyrrole nitrogens is 1. The summed E-state index contributed by atoms with van der Waals surface area (Å²) in [4.78, 5) is 19.8. The quantitative estimate of drug-likeness (QED) is 0.423. The molecular weight excluding hydrogens is 422 g/mol. The maximum atomic E-state index is 6.17. The van der Waals surface area contributed by atoms with Crippen LogP contribution in [-0.4, -0.2) is 42.8 Å². The molecular formula is C24H22ClN7. The number of rotatable bonds is 3. The van der Waals surface area contributed by atoms with Gasteiger partial charge in [0.15, 0.2) is 5.65 Å². The van der Waals surface area contributed by atoms with Gasteiger partial charge in [0.1, 0.15) is 18.0 Å². The fraction of sp³-hybridized carbons (Fsp3) is 0.250. The summed E-state index contributed by atoms with van der Waals surface area (Å²) in [6.07, 6.45) is 5.51. The van der Waals surface area contributed by atoms with Gasteiger partial charge in [-0.15, -0.1) is 0 Å². The highest BCUT2D eigenvalue weighted by molar-refractivity contribution is 6.30. The number of imidazole rings is 1. The molecule has 32 heavy (non-hydrogen) atoms. The number of benzene rings is 2. The molecule has 3 aromatic heterocycles. The number of fused-ring (bicyclic) bond motifs is 2. The van der Waals surface area contributed by atoms with E-state index in [0.717, 1.165) is 65.3 Å². The van der Waals surface area contributed by atoms with Crippen molar-refractivity contribution in [1.82, 2.24) is 29.7 Å². The van der Waals surface area contributed by atoms with E-state index in [9.17, 15) is 0 Å². The number of piperidine rings is 1. The minimum Gasteiger partial charge on any atom is -0.356 e. The van der Waals surface area contributed by atoms with Gasteiger partial charge < -0.3 is 9.88 Å². The third-order valence-corrected chi connectivity index (χ3v) is 6.47. The second-order valence-electron chi connectivity index (χ2n) is 8.37. The maximum absolute atomic E-state index is 6.17. The van der Waals surface area contributed by atoms with Crippen molar-refractivity contribution >= 4 is 39.5 Å². The van der Waals surface area contributed by atoms with Crippen LogP contribution in [0.2, 0.25) is 5.02 Å². The third kappa shape index (κ3) is 3.29. The first-order chi connectivity index (χ1) is 15.7. The van der Waals surface area contributed by atoms with E-state index in [1.807, 2.05) is 35.1 Å². The van der Waals surface area contributed by atoms with Gasteiger partial charge in [0, 0.05) is 24.0 Å². The Bertz CT molecular complexity index is 1430. The summed E-state index contributed by atoms with van der Waals surface area (Å²) in [5, 5.41) is 6.19. The summed E-state index contributed by atoms with van der Waals surface area (Å²) >= 11 is 6.17. The van der Waals surface area contributed by atoms with E-state index < -0.39 is 0 Å². The van der Waals surface area contributed by atoms with E-state index in [4.69, 9.17) is 16.6 Å². The van der Waals surface area contributed by atoms with Gasteiger partial charge in [-0.1, -0.05) is 23.7 Å². The molecule has 8 heteroatoms. The number of anilines is 1. The summed E-state index contributed by atoms with van der Waals surface area (Å²) in [6, 6.07) is 14.0. The lowest BCUT2D eigenvalue weighted by Gasteiger charge is -2.32. The molecule has 4 heterocycles. The first kappa shape index (κ1) is 19.3. The number of halogens is 1. The average molecular weight is 444 g/mol. The standard InChI is InChI=1S/C24H22ClN7/c1-15-5-6-20-21(11-15)30-22(29-20)16-7-9-31(10-8-16)23-19-13-28-32(24(19)27-14-26-23)18-4-2-3-17(25)12-18/h2-6,11-14,16H,7-10H2,1H3,(H,29,30). The van der Waals surface area contributed by atoms with Crippen molar-refractivity contribution in [3.8, 4) is 5.69 Å². The van der Waals surface area contributed by atoms with Crippen molar-refractivity contribution in [2.75, 3.05) is 18.0 Å². The molecule has 0 radical (unpaired) electrons. The zero-order valence-electron chi connectivity index (χ0n) is 17.7.